The lowest BCUT2D eigenvalue weighted by atomic mass is 9.98. The van der Waals surface area contributed by atoms with Gasteiger partial charge in [-0.3, -0.25) is 4.79 Å². The van der Waals surface area contributed by atoms with E-state index in [1.54, 1.807) is 0 Å². The van der Waals surface area contributed by atoms with Crippen molar-refractivity contribution in [3.05, 3.63) is 53.6 Å². The number of hydrogen-bond donors (Lipinski definition) is 2. The minimum Gasteiger partial charge on any atom is -0.398 e. The van der Waals surface area contributed by atoms with E-state index >= 15 is 0 Å². The molecule has 6 heteroatoms. The maximum Gasteiger partial charge on any atom is 0.257 e. The van der Waals surface area contributed by atoms with Crippen molar-refractivity contribution in [3.8, 4) is 0 Å². The molecule has 2 aromatic rings. The van der Waals surface area contributed by atoms with Crippen molar-refractivity contribution in [1.82, 2.24) is 0 Å². The zero-order chi connectivity index (χ0) is 17.9. The summed E-state index contributed by atoms with van der Waals surface area (Å²) < 4.78 is 23.0. The van der Waals surface area contributed by atoms with Crippen LogP contribution >= 0.6 is 0 Å². The van der Waals surface area contributed by atoms with Gasteiger partial charge in [0.25, 0.3) is 5.91 Å². The number of nitrogens with one attached hydrogen (secondary N) is 1. The standard InChI is InChI=1S/C18H22N2O3S/c1-4-12(2)13-5-7-14(8-6-13)20-18(21)16-10-9-15(11-17(16)19)24(3,22)23/h5-12H,4,19H2,1-3H3,(H,20,21). The zero-order valence-corrected chi connectivity index (χ0v) is 14.9. The van der Waals surface area contributed by atoms with Gasteiger partial charge in [-0.25, -0.2) is 8.42 Å². The molecule has 5 nitrogen and oxygen atoms in total. The van der Waals surface area contributed by atoms with E-state index in [-0.39, 0.29) is 22.1 Å². The monoisotopic (exact) mass is 346 g/mol. The second-order valence-electron chi connectivity index (χ2n) is 5.91. The number of benzene rings is 2. The molecule has 1 unspecified atom stereocenters. The molecule has 0 spiro atoms. The van der Waals surface area contributed by atoms with Crippen molar-refractivity contribution in [2.75, 3.05) is 17.3 Å². The van der Waals surface area contributed by atoms with Crippen LogP contribution in [0.2, 0.25) is 0 Å². The molecule has 0 aliphatic rings. The molecule has 1 atom stereocenters. The minimum atomic E-state index is -3.35. The van der Waals surface area contributed by atoms with Crippen LogP contribution in [-0.2, 0) is 9.84 Å². The Morgan fingerprint density at radius 1 is 1.17 bits per heavy atom. The van der Waals surface area contributed by atoms with Gasteiger partial charge in [0, 0.05) is 17.6 Å². The van der Waals surface area contributed by atoms with Gasteiger partial charge in [-0.1, -0.05) is 26.0 Å². The normalized spacial score (nSPS) is 12.6. The van der Waals surface area contributed by atoms with Crippen LogP contribution in [0.3, 0.4) is 0 Å². The van der Waals surface area contributed by atoms with Crippen molar-refractivity contribution >= 4 is 27.1 Å². The predicted octanol–water partition coefficient (Wildman–Crippen LogP) is 3.44. The topological polar surface area (TPSA) is 89.3 Å². The number of nitrogens with two attached hydrogens (primary N) is 1. The quantitative estimate of drug-likeness (QED) is 0.812. The molecule has 0 aliphatic heterocycles. The number of hydrogen-bond acceptors (Lipinski definition) is 4. The summed E-state index contributed by atoms with van der Waals surface area (Å²) in [5.74, 6) is 0.0952. The highest BCUT2D eigenvalue weighted by Gasteiger charge is 2.14. The lowest BCUT2D eigenvalue weighted by Gasteiger charge is -2.11. The van der Waals surface area contributed by atoms with E-state index in [4.69, 9.17) is 5.73 Å². The minimum absolute atomic E-state index is 0.0921. The van der Waals surface area contributed by atoms with Crippen LogP contribution in [0, 0.1) is 0 Å². The number of anilines is 2. The first-order valence-corrected chi connectivity index (χ1v) is 9.62. The molecule has 0 aliphatic carbocycles. The molecule has 1 amide bonds. The van der Waals surface area contributed by atoms with Crippen molar-refractivity contribution in [1.29, 1.82) is 0 Å². The zero-order valence-electron chi connectivity index (χ0n) is 14.0. The lowest BCUT2D eigenvalue weighted by Crippen LogP contribution is -2.14. The molecule has 3 N–H and O–H groups in total. The molecule has 128 valence electrons. The molecule has 24 heavy (non-hydrogen) atoms. The molecule has 2 aromatic carbocycles. The van der Waals surface area contributed by atoms with Crippen LogP contribution in [0.4, 0.5) is 11.4 Å². The van der Waals surface area contributed by atoms with Gasteiger partial charge in [0.2, 0.25) is 0 Å². The summed E-state index contributed by atoms with van der Waals surface area (Å²) in [4.78, 5) is 12.4. The number of rotatable bonds is 5. The van der Waals surface area contributed by atoms with Gasteiger partial charge < -0.3 is 11.1 Å². The van der Waals surface area contributed by atoms with Crippen molar-refractivity contribution < 1.29 is 13.2 Å². The molecule has 0 fully saturated rings. The van der Waals surface area contributed by atoms with Crippen molar-refractivity contribution in [3.63, 3.8) is 0 Å². The van der Waals surface area contributed by atoms with Crippen LogP contribution in [0.25, 0.3) is 0 Å². The average molecular weight is 346 g/mol. The van der Waals surface area contributed by atoms with Crippen LogP contribution in [0.5, 0.6) is 0 Å². The number of nitrogen functional groups attached to an aromatic ring is 1. The Morgan fingerprint density at radius 2 is 1.79 bits per heavy atom. The van der Waals surface area contributed by atoms with Gasteiger partial charge in [0.15, 0.2) is 9.84 Å². The van der Waals surface area contributed by atoms with E-state index in [0.717, 1.165) is 12.7 Å². The maximum absolute atomic E-state index is 12.3. The Bertz CT molecular complexity index is 843. The van der Waals surface area contributed by atoms with Gasteiger partial charge in [-0.05, 0) is 48.2 Å². The first-order chi connectivity index (χ1) is 11.2. The fourth-order valence-corrected chi connectivity index (χ4v) is 2.96. The molecule has 0 heterocycles. The fraction of sp³-hybridized carbons (Fsp3) is 0.278. The highest BCUT2D eigenvalue weighted by atomic mass is 32.2. The number of carbonyl (C=O) groups excluding carboxylic acids is 1. The molecule has 0 saturated heterocycles. The maximum atomic E-state index is 12.3. The van der Waals surface area contributed by atoms with E-state index in [9.17, 15) is 13.2 Å². The Morgan fingerprint density at radius 3 is 2.29 bits per heavy atom. The Hall–Kier alpha value is -2.34. The fourth-order valence-electron chi connectivity index (χ4n) is 2.31. The van der Waals surface area contributed by atoms with Crippen LogP contribution < -0.4 is 11.1 Å². The van der Waals surface area contributed by atoms with Crippen LogP contribution in [0.1, 0.15) is 42.1 Å². The Kier molecular flexibility index (Phi) is 5.29. The first kappa shape index (κ1) is 18.0. The Labute approximate surface area is 142 Å². The van der Waals surface area contributed by atoms with Gasteiger partial charge in [-0.2, -0.15) is 0 Å². The van der Waals surface area contributed by atoms with E-state index in [0.29, 0.717) is 11.6 Å². The molecule has 0 saturated carbocycles. The number of amides is 1. The summed E-state index contributed by atoms with van der Waals surface area (Å²) in [6.45, 7) is 4.28. The molecule has 0 radical (unpaired) electrons. The summed E-state index contributed by atoms with van der Waals surface area (Å²) in [6.07, 6.45) is 2.15. The van der Waals surface area contributed by atoms with Gasteiger partial charge >= 0.3 is 0 Å². The third-order valence-electron chi connectivity index (χ3n) is 4.05. The summed E-state index contributed by atoms with van der Waals surface area (Å²) in [5, 5.41) is 2.77. The highest BCUT2D eigenvalue weighted by Crippen LogP contribution is 2.22. The molecular weight excluding hydrogens is 324 g/mol. The van der Waals surface area contributed by atoms with Gasteiger partial charge in [0.1, 0.15) is 0 Å². The third kappa shape index (κ3) is 4.14. The predicted molar refractivity (Wildman–Crippen MR) is 97.1 cm³/mol. The summed E-state index contributed by atoms with van der Waals surface area (Å²) in [5.41, 5.74) is 8.08. The average Bonchev–Trinajstić information content (AvgIpc) is 2.53. The largest absolute Gasteiger partial charge is 0.398 e. The molecule has 0 bridgehead atoms. The van der Waals surface area contributed by atoms with Crippen LogP contribution in [0.15, 0.2) is 47.4 Å². The van der Waals surface area contributed by atoms with Crippen LogP contribution in [-0.4, -0.2) is 20.6 Å². The Balaban J connectivity index is 2.18. The second-order valence-corrected chi connectivity index (χ2v) is 7.92. The summed E-state index contributed by atoms with van der Waals surface area (Å²) in [6, 6.07) is 11.8. The smallest absolute Gasteiger partial charge is 0.257 e. The van der Waals surface area contributed by atoms with E-state index in [2.05, 4.69) is 19.2 Å². The lowest BCUT2D eigenvalue weighted by molar-refractivity contribution is 0.102. The van der Waals surface area contributed by atoms with E-state index < -0.39 is 9.84 Å². The van der Waals surface area contributed by atoms with Gasteiger partial charge in [0.05, 0.1) is 10.5 Å². The van der Waals surface area contributed by atoms with E-state index in [1.165, 1.54) is 23.8 Å². The van der Waals surface area contributed by atoms with Gasteiger partial charge in [-0.15, -0.1) is 0 Å². The molecule has 2 rings (SSSR count). The van der Waals surface area contributed by atoms with Crippen molar-refractivity contribution in [2.45, 2.75) is 31.1 Å². The SMILES string of the molecule is CCC(C)c1ccc(NC(=O)c2ccc(S(C)(=O)=O)cc2N)cc1. The summed E-state index contributed by atoms with van der Waals surface area (Å²) >= 11 is 0. The summed E-state index contributed by atoms with van der Waals surface area (Å²) in [7, 11) is -3.35. The first-order valence-electron chi connectivity index (χ1n) is 7.73. The molecule has 0 aromatic heterocycles. The second kappa shape index (κ2) is 7.05. The third-order valence-corrected chi connectivity index (χ3v) is 5.16. The highest BCUT2D eigenvalue weighted by molar-refractivity contribution is 7.90. The number of carbonyl (C=O) groups is 1. The van der Waals surface area contributed by atoms with Crippen molar-refractivity contribution in [2.24, 2.45) is 0 Å². The van der Waals surface area contributed by atoms with E-state index in [1.807, 2.05) is 24.3 Å². The number of sulfone groups is 1. The molecular formula is C18H22N2O3S.